The molecule has 0 spiro atoms. The van der Waals surface area contributed by atoms with E-state index in [2.05, 4.69) is 0 Å². The molecule has 1 unspecified atom stereocenters. The molecule has 0 aliphatic carbocycles. The Balaban J connectivity index is 2.44. The van der Waals surface area contributed by atoms with Crippen LogP contribution < -0.4 is 0 Å². The molecule has 2 rings (SSSR count). The quantitative estimate of drug-likeness (QED) is 0.740. The molecule has 116 valence electrons. The number of unbranched alkanes of at least 4 members (excludes halogenated alkanes) is 1. The van der Waals surface area contributed by atoms with Gasteiger partial charge in [0.1, 0.15) is 6.10 Å². The van der Waals surface area contributed by atoms with Crippen LogP contribution >= 0.6 is 0 Å². The van der Waals surface area contributed by atoms with Crippen molar-refractivity contribution in [1.82, 2.24) is 0 Å². The lowest BCUT2D eigenvalue weighted by Gasteiger charge is -2.17. The van der Waals surface area contributed by atoms with Crippen LogP contribution in [0.15, 0.2) is 60.7 Å². The number of aliphatic hydroxyl groups excluding tert-OH is 1. The van der Waals surface area contributed by atoms with Gasteiger partial charge in [0, 0.05) is 5.57 Å². The fourth-order valence-electron chi connectivity index (χ4n) is 2.51. The minimum atomic E-state index is -1.67. The molecule has 0 aliphatic rings. The van der Waals surface area contributed by atoms with Crippen molar-refractivity contribution < 1.29 is 13.9 Å². The number of hydrogen-bond donors (Lipinski definition) is 1. The summed E-state index contributed by atoms with van der Waals surface area (Å²) in [5.74, 6) is 0. The van der Waals surface area contributed by atoms with E-state index in [9.17, 15) is 13.9 Å². The summed E-state index contributed by atoms with van der Waals surface area (Å²) in [4.78, 5) is 0. The molecular weight excluding hydrogens is 282 g/mol. The minimum absolute atomic E-state index is 0.0347. The molecule has 3 heteroatoms. The zero-order chi connectivity index (χ0) is 15.9. The largest absolute Gasteiger partial charge is 0.384 e. The Labute approximate surface area is 129 Å². The molecule has 1 nitrogen and oxygen atoms in total. The molecule has 0 saturated carbocycles. The van der Waals surface area contributed by atoms with Gasteiger partial charge in [-0.05, 0) is 29.5 Å². The van der Waals surface area contributed by atoms with E-state index in [1.807, 2.05) is 25.1 Å². The Hall–Kier alpha value is -2.00. The third-order valence-corrected chi connectivity index (χ3v) is 3.70. The maximum atomic E-state index is 13.4. The van der Waals surface area contributed by atoms with Crippen LogP contribution in [0.3, 0.4) is 0 Å². The van der Waals surface area contributed by atoms with E-state index in [0.29, 0.717) is 29.5 Å². The van der Waals surface area contributed by atoms with Crippen molar-refractivity contribution >= 4 is 5.57 Å². The van der Waals surface area contributed by atoms with Crippen LogP contribution in [0.2, 0.25) is 0 Å². The molecule has 0 bridgehead atoms. The smallest absolute Gasteiger partial charge is 0.274 e. The molecular formula is C19H20F2O. The molecule has 0 heterocycles. The van der Waals surface area contributed by atoms with Crippen molar-refractivity contribution in [3.8, 4) is 0 Å². The summed E-state index contributed by atoms with van der Waals surface area (Å²) in [6, 6.07) is 16.0. The lowest BCUT2D eigenvalue weighted by atomic mass is 9.91. The molecule has 0 amide bonds. The van der Waals surface area contributed by atoms with Crippen LogP contribution in [0, 0.1) is 0 Å². The maximum absolute atomic E-state index is 13.4. The van der Waals surface area contributed by atoms with Crippen LogP contribution in [0.1, 0.15) is 49.0 Å². The SMILES string of the molecule is CCCCC(=C(F)F)c1ccccc1C(O)c1ccccc1. The Morgan fingerprint density at radius 3 is 2.27 bits per heavy atom. The summed E-state index contributed by atoms with van der Waals surface area (Å²) < 4.78 is 26.7. The van der Waals surface area contributed by atoms with Gasteiger partial charge in [0.05, 0.1) is 0 Å². The molecule has 0 saturated heterocycles. The van der Waals surface area contributed by atoms with E-state index in [-0.39, 0.29) is 5.57 Å². The van der Waals surface area contributed by atoms with Crippen molar-refractivity contribution in [2.75, 3.05) is 0 Å². The fraction of sp³-hybridized carbons (Fsp3) is 0.263. The van der Waals surface area contributed by atoms with Crippen LogP contribution in [-0.4, -0.2) is 5.11 Å². The van der Waals surface area contributed by atoms with E-state index in [1.165, 1.54) is 0 Å². The molecule has 1 atom stereocenters. The van der Waals surface area contributed by atoms with Gasteiger partial charge in [-0.25, -0.2) is 0 Å². The van der Waals surface area contributed by atoms with Gasteiger partial charge in [-0.2, -0.15) is 8.78 Å². The van der Waals surface area contributed by atoms with Crippen molar-refractivity contribution in [3.63, 3.8) is 0 Å². The van der Waals surface area contributed by atoms with E-state index >= 15 is 0 Å². The first-order chi connectivity index (χ1) is 10.6. The van der Waals surface area contributed by atoms with Crippen LogP contribution in [0.5, 0.6) is 0 Å². The minimum Gasteiger partial charge on any atom is -0.384 e. The first-order valence-corrected chi connectivity index (χ1v) is 7.51. The lowest BCUT2D eigenvalue weighted by molar-refractivity contribution is 0.220. The average molecular weight is 302 g/mol. The number of aliphatic hydroxyl groups is 1. The summed E-state index contributed by atoms with van der Waals surface area (Å²) in [5, 5.41) is 10.6. The maximum Gasteiger partial charge on any atom is 0.274 e. The second kappa shape index (κ2) is 7.85. The number of benzene rings is 2. The van der Waals surface area contributed by atoms with Gasteiger partial charge in [-0.3, -0.25) is 0 Å². The van der Waals surface area contributed by atoms with Gasteiger partial charge in [0.2, 0.25) is 0 Å². The summed E-state index contributed by atoms with van der Waals surface area (Å²) in [6.07, 6.45) is -0.713. The van der Waals surface area contributed by atoms with E-state index < -0.39 is 12.2 Å². The topological polar surface area (TPSA) is 20.2 Å². The standard InChI is InChI=1S/C19H20F2O/c1-2-3-11-17(19(20)21)15-12-7-8-13-16(15)18(22)14-9-5-4-6-10-14/h4-10,12-13,18,22H,2-3,11H2,1H3. The highest BCUT2D eigenvalue weighted by atomic mass is 19.3. The Morgan fingerprint density at radius 2 is 1.64 bits per heavy atom. The molecule has 22 heavy (non-hydrogen) atoms. The molecule has 0 radical (unpaired) electrons. The van der Waals surface area contributed by atoms with E-state index in [1.54, 1.807) is 36.4 Å². The van der Waals surface area contributed by atoms with Crippen LogP contribution in [-0.2, 0) is 0 Å². The first-order valence-electron chi connectivity index (χ1n) is 7.51. The third kappa shape index (κ3) is 3.80. The number of allylic oxidation sites excluding steroid dienone is 1. The molecule has 1 N–H and O–H groups in total. The lowest BCUT2D eigenvalue weighted by Crippen LogP contribution is -2.04. The summed E-state index contributed by atoms with van der Waals surface area (Å²) >= 11 is 0. The monoisotopic (exact) mass is 302 g/mol. The number of halogens is 2. The Bertz CT molecular complexity index is 631. The summed E-state index contributed by atoms with van der Waals surface area (Å²) in [7, 11) is 0. The second-order valence-electron chi connectivity index (χ2n) is 5.24. The molecule has 0 aromatic heterocycles. The zero-order valence-electron chi connectivity index (χ0n) is 12.6. The van der Waals surface area contributed by atoms with Gasteiger partial charge in [0.25, 0.3) is 6.08 Å². The van der Waals surface area contributed by atoms with E-state index in [4.69, 9.17) is 0 Å². The van der Waals surface area contributed by atoms with Crippen molar-refractivity contribution in [2.24, 2.45) is 0 Å². The number of hydrogen-bond acceptors (Lipinski definition) is 1. The second-order valence-corrected chi connectivity index (χ2v) is 5.24. The molecule has 0 aliphatic heterocycles. The highest BCUT2D eigenvalue weighted by Gasteiger charge is 2.18. The molecule has 2 aromatic carbocycles. The number of rotatable bonds is 6. The highest BCUT2D eigenvalue weighted by molar-refractivity contribution is 5.69. The van der Waals surface area contributed by atoms with Crippen molar-refractivity contribution in [3.05, 3.63) is 77.4 Å². The predicted octanol–water partition coefficient (Wildman–Crippen LogP) is 5.57. The predicted molar refractivity (Wildman–Crippen MR) is 85.6 cm³/mol. The highest BCUT2D eigenvalue weighted by Crippen LogP contribution is 2.33. The summed E-state index contributed by atoms with van der Waals surface area (Å²) in [5.41, 5.74) is 1.69. The normalized spacial score (nSPS) is 12.0. The van der Waals surface area contributed by atoms with Gasteiger partial charge in [-0.1, -0.05) is 67.9 Å². The molecule has 2 aromatic rings. The van der Waals surface area contributed by atoms with Crippen LogP contribution in [0.4, 0.5) is 8.78 Å². The van der Waals surface area contributed by atoms with Gasteiger partial charge >= 0.3 is 0 Å². The summed E-state index contributed by atoms with van der Waals surface area (Å²) in [6.45, 7) is 1.97. The van der Waals surface area contributed by atoms with Crippen molar-refractivity contribution in [2.45, 2.75) is 32.3 Å². The molecule has 0 fully saturated rings. The third-order valence-electron chi connectivity index (χ3n) is 3.70. The fourth-order valence-corrected chi connectivity index (χ4v) is 2.51. The first kappa shape index (κ1) is 16.4. The van der Waals surface area contributed by atoms with Gasteiger partial charge in [0.15, 0.2) is 0 Å². The van der Waals surface area contributed by atoms with E-state index in [0.717, 1.165) is 6.42 Å². The van der Waals surface area contributed by atoms with Gasteiger partial charge < -0.3 is 5.11 Å². The average Bonchev–Trinajstić information content (AvgIpc) is 2.55. The van der Waals surface area contributed by atoms with Crippen molar-refractivity contribution in [1.29, 1.82) is 0 Å². The van der Waals surface area contributed by atoms with Gasteiger partial charge in [-0.15, -0.1) is 0 Å². The van der Waals surface area contributed by atoms with Crippen LogP contribution in [0.25, 0.3) is 5.57 Å². The Morgan fingerprint density at radius 1 is 1.00 bits per heavy atom. The zero-order valence-corrected chi connectivity index (χ0v) is 12.6. The Kier molecular flexibility index (Phi) is 5.84.